The van der Waals surface area contributed by atoms with Crippen LogP contribution in [0.3, 0.4) is 0 Å². The van der Waals surface area contributed by atoms with Crippen molar-refractivity contribution in [2.45, 2.75) is 39.0 Å². The largest absolute Gasteiger partial charge is 0.374 e. The van der Waals surface area contributed by atoms with Gasteiger partial charge in [0, 0.05) is 6.42 Å². The van der Waals surface area contributed by atoms with Crippen LogP contribution in [0.15, 0.2) is 0 Å². The standard InChI is InChI=1S/C10H17N3S/c1-7-2-4-8(5-3-7)6-9-12-13-10(11)14-9/h7-8H,2-6H2,1H3,(H2,11,13). The molecular formula is C10H17N3S. The van der Waals surface area contributed by atoms with E-state index in [0.717, 1.165) is 23.3 Å². The van der Waals surface area contributed by atoms with Gasteiger partial charge in [-0.05, 0) is 24.7 Å². The van der Waals surface area contributed by atoms with E-state index in [9.17, 15) is 0 Å². The van der Waals surface area contributed by atoms with Gasteiger partial charge in [-0.1, -0.05) is 31.1 Å². The van der Waals surface area contributed by atoms with Gasteiger partial charge in [0.2, 0.25) is 5.13 Å². The van der Waals surface area contributed by atoms with Crippen LogP contribution in [0.4, 0.5) is 5.13 Å². The molecule has 0 aliphatic heterocycles. The van der Waals surface area contributed by atoms with Crippen molar-refractivity contribution in [3.8, 4) is 0 Å². The highest BCUT2D eigenvalue weighted by molar-refractivity contribution is 7.15. The van der Waals surface area contributed by atoms with Gasteiger partial charge < -0.3 is 5.73 Å². The van der Waals surface area contributed by atoms with Crippen molar-refractivity contribution in [2.75, 3.05) is 5.73 Å². The first-order valence-corrected chi connectivity index (χ1v) is 6.13. The molecule has 1 aliphatic rings. The Labute approximate surface area is 88.7 Å². The van der Waals surface area contributed by atoms with E-state index in [4.69, 9.17) is 5.73 Å². The maximum Gasteiger partial charge on any atom is 0.203 e. The van der Waals surface area contributed by atoms with Crippen molar-refractivity contribution < 1.29 is 0 Å². The number of anilines is 1. The molecule has 78 valence electrons. The summed E-state index contributed by atoms with van der Waals surface area (Å²) in [7, 11) is 0. The molecule has 0 bridgehead atoms. The number of hydrogen-bond acceptors (Lipinski definition) is 4. The van der Waals surface area contributed by atoms with Gasteiger partial charge in [-0.25, -0.2) is 0 Å². The van der Waals surface area contributed by atoms with Crippen molar-refractivity contribution in [3.63, 3.8) is 0 Å². The number of nitrogens with two attached hydrogens (primary N) is 1. The normalized spacial score (nSPS) is 27.8. The molecule has 0 unspecified atom stereocenters. The second-order valence-electron chi connectivity index (χ2n) is 4.36. The number of aromatic nitrogens is 2. The van der Waals surface area contributed by atoms with Gasteiger partial charge in [-0.2, -0.15) is 0 Å². The fourth-order valence-corrected chi connectivity index (χ4v) is 2.85. The summed E-state index contributed by atoms with van der Waals surface area (Å²) in [6.07, 6.45) is 6.53. The molecule has 0 atom stereocenters. The molecule has 0 amide bonds. The quantitative estimate of drug-likeness (QED) is 0.817. The highest BCUT2D eigenvalue weighted by Crippen LogP contribution is 2.31. The molecule has 1 heterocycles. The third kappa shape index (κ3) is 2.44. The number of nitrogens with zero attached hydrogens (tertiary/aromatic N) is 2. The molecule has 0 spiro atoms. The predicted molar refractivity (Wildman–Crippen MR) is 59.1 cm³/mol. The zero-order valence-corrected chi connectivity index (χ0v) is 9.39. The Morgan fingerprint density at radius 1 is 1.29 bits per heavy atom. The van der Waals surface area contributed by atoms with Gasteiger partial charge in [0.25, 0.3) is 0 Å². The van der Waals surface area contributed by atoms with E-state index in [1.807, 2.05) is 0 Å². The summed E-state index contributed by atoms with van der Waals surface area (Å²) in [4.78, 5) is 0. The summed E-state index contributed by atoms with van der Waals surface area (Å²) >= 11 is 1.54. The van der Waals surface area contributed by atoms with Crippen molar-refractivity contribution >= 4 is 16.5 Å². The molecule has 0 radical (unpaired) electrons. The molecule has 14 heavy (non-hydrogen) atoms. The molecule has 2 N–H and O–H groups in total. The van der Waals surface area contributed by atoms with Crippen LogP contribution in [0.1, 0.15) is 37.6 Å². The molecule has 1 aromatic heterocycles. The maximum atomic E-state index is 5.55. The lowest BCUT2D eigenvalue weighted by Gasteiger charge is -2.25. The Bertz CT molecular complexity index is 289. The molecule has 1 saturated carbocycles. The van der Waals surface area contributed by atoms with Crippen LogP contribution < -0.4 is 5.73 Å². The summed E-state index contributed by atoms with van der Waals surface area (Å²) in [5.41, 5.74) is 5.55. The molecule has 3 nitrogen and oxygen atoms in total. The molecule has 0 saturated heterocycles. The molecule has 0 aromatic carbocycles. The van der Waals surface area contributed by atoms with Crippen LogP contribution in [0.5, 0.6) is 0 Å². The third-order valence-electron chi connectivity index (χ3n) is 3.08. The molecule has 4 heteroatoms. The van der Waals surface area contributed by atoms with E-state index in [1.54, 1.807) is 0 Å². The van der Waals surface area contributed by atoms with Gasteiger partial charge >= 0.3 is 0 Å². The maximum absolute atomic E-state index is 5.55. The second kappa shape index (κ2) is 4.26. The Morgan fingerprint density at radius 2 is 2.00 bits per heavy atom. The molecule has 1 aliphatic carbocycles. The number of hydrogen-bond donors (Lipinski definition) is 1. The summed E-state index contributed by atoms with van der Waals surface area (Å²) < 4.78 is 0. The summed E-state index contributed by atoms with van der Waals surface area (Å²) in [5.74, 6) is 1.74. The summed E-state index contributed by atoms with van der Waals surface area (Å²) in [6, 6.07) is 0. The van der Waals surface area contributed by atoms with Crippen LogP contribution >= 0.6 is 11.3 Å². The van der Waals surface area contributed by atoms with Crippen LogP contribution in [0.2, 0.25) is 0 Å². The van der Waals surface area contributed by atoms with Crippen molar-refractivity contribution in [2.24, 2.45) is 11.8 Å². The monoisotopic (exact) mass is 211 g/mol. The lowest BCUT2D eigenvalue weighted by atomic mass is 9.82. The number of nitrogen functional groups attached to an aromatic ring is 1. The fourth-order valence-electron chi connectivity index (χ4n) is 2.13. The van der Waals surface area contributed by atoms with E-state index < -0.39 is 0 Å². The topological polar surface area (TPSA) is 51.8 Å². The Kier molecular flexibility index (Phi) is 3.01. The van der Waals surface area contributed by atoms with Crippen LogP contribution in [0.25, 0.3) is 0 Å². The highest BCUT2D eigenvalue weighted by Gasteiger charge is 2.19. The smallest absolute Gasteiger partial charge is 0.203 e. The SMILES string of the molecule is CC1CCC(Cc2nnc(N)s2)CC1. The predicted octanol–water partition coefficient (Wildman–Crippen LogP) is 2.49. The zero-order valence-electron chi connectivity index (χ0n) is 8.57. The van der Waals surface area contributed by atoms with Gasteiger partial charge in [-0.3, -0.25) is 0 Å². The van der Waals surface area contributed by atoms with Gasteiger partial charge in [0.05, 0.1) is 0 Å². The Balaban J connectivity index is 1.86. The third-order valence-corrected chi connectivity index (χ3v) is 3.86. The minimum atomic E-state index is 0.601. The lowest BCUT2D eigenvalue weighted by molar-refractivity contribution is 0.288. The minimum absolute atomic E-state index is 0.601. The van der Waals surface area contributed by atoms with Gasteiger partial charge in [-0.15, -0.1) is 10.2 Å². The fraction of sp³-hybridized carbons (Fsp3) is 0.800. The number of rotatable bonds is 2. The average Bonchev–Trinajstić information content (AvgIpc) is 2.56. The van der Waals surface area contributed by atoms with Crippen molar-refractivity contribution in [1.82, 2.24) is 10.2 Å². The van der Waals surface area contributed by atoms with E-state index in [2.05, 4.69) is 17.1 Å². The van der Waals surface area contributed by atoms with Gasteiger partial charge in [0.1, 0.15) is 5.01 Å². The molecule has 1 fully saturated rings. The van der Waals surface area contributed by atoms with Gasteiger partial charge in [0.15, 0.2) is 0 Å². The first-order valence-electron chi connectivity index (χ1n) is 5.32. The van der Waals surface area contributed by atoms with Crippen molar-refractivity contribution in [3.05, 3.63) is 5.01 Å². The first kappa shape index (κ1) is 9.90. The van der Waals surface area contributed by atoms with Crippen LogP contribution in [-0.4, -0.2) is 10.2 Å². The Morgan fingerprint density at radius 3 is 2.57 bits per heavy atom. The van der Waals surface area contributed by atoms with Crippen LogP contribution in [-0.2, 0) is 6.42 Å². The summed E-state index contributed by atoms with van der Waals surface area (Å²) in [5, 5.41) is 9.63. The van der Waals surface area contributed by atoms with E-state index in [-0.39, 0.29) is 0 Å². The highest BCUT2D eigenvalue weighted by atomic mass is 32.1. The average molecular weight is 211 g/mol. The van der Waals surface area contributed by atoms with E-state index >= 15 is 0 Å². The molecular weight excluding hydrogens is 194 g/mol. The minimum Gasteiger partial charge on any atom is -0.374 e. The second-order valence-corrected chi connectivity index (χ2v) is 5.46. The van der Waals surface area contributed by atoms with E-state index in [0.29, 0.717) is 5.13 Å². The van der Waals surface area contributed by atoms with Crippen molar-refractivity contribution in [1.29, 1.82) is 0 Å². The Hall–Kier alpha value is -0.640. The van der Waals surface area contributed by atoms with Crippen LogP contribution in [0, 0.1) is 11.8 Å². The van der Waals surface area contributed by atoms with E-state index in [1.165, 1.54) is 37.0 Å². The molecule has 1 aromatic rings. The first-order chi connectivity index (χ1) is 6.74. The molecule has 2 rings (SSSR count). The zero-order chi connectivity index (χ0) is 9.97. The summed E-state index contributed by atoms with van der Waals surface area (Å²) in [6.45, 7) is 2.35. The lowest BCUT2D eigenvalue weighted by Crippen LogP contribution is -2.14.